The van der Waals surface area contributed by atoms with Crippen LogP contribution < -0.4 is 11.1 Å². The van der Waals surface area contributed by atoms with Crippen LogP contribution in [0.15, 0.2) is 24.3 Å². The summed E-state index contributed by atoms with van der Waals surface area (Å²) in [5.74, 6) is -1.28. The minimum Gasteiger partial charge on any atom is -0.332 e. The zero-order valence-corrected chi connectivity index (χ0v) is 12.3. The zero-order chi connectivity index (χ0) is 15.9. The number of benzene rings is 1. The second kappa shape index (κ2) is 7.54. The van der Waals surface area contributed by atoms with Crippen molar-refractivity contribution in [3.8, 4) is 6.07 Å². The highest BCUT2D eigenvalue weighted by molar-refractivity contribution is 6.39. The Morgan fingerprint density at radius 2 is 1.91 bits per heavy atom. The van der Waals surface area contributed by atoms with Crippen molar-refractivity contribution in [2.24, 2.45) is 5.73 Å². The van der Waals surface area contributed by atoms with Crippen molar-refractivity contribution in [1.82, 2.24) is 9.80 Å². The van der Waals surface area contributed by atoms with Crippen molar-refractivity contribution in [2.75, 3.05) is 44.6 Å². The summed E-state index contributed by atoms with van der Waals surface area (Å²) in [5.41, 5.74) is 6.18. The normalized spacial score (nSPS) is 15.2. The number of anilines is 1. The van der Waals surface area contributed by atoms with E-state index in [4.69, 9.17) is 11.0 Å². The number of nitrogens with zero attached hydrogens (tertiary/aromatic N) is 3. The molecule has 0 aromatic heterocycles. The lowest BCUT2D eigenvalue weighted by molar-refractivity contribution is -0.144. The molecule has 116 valence electrons. The Morgan fingerprint density at radius 3 is 2.55 bits per heavy atom. The third-order valence-corrected chi connectivity index (χ3v) is 3.59. The molecule has 0 spiro atoms. The topological polar surface area (TPSA) is 102 Å². The maximum atomic E-state index is 12.2. The Balaban J connectivity index is 1.93. The molecule has 0 aliphatic carbocycles. The lowest BCUT2D eigenvalue weighted by Gasteiger charge is -2.34. The van der Waals surface area contributed by atoms with Gasteiger partial charge in [0.2, 0.25) is 0 Å². The van der Waals surface area contributed by atoms with Crippen LogP contribution in [0.25, 0.3) is 0 Å². The molecule has 0 atom stereocenters. The van der Waals surface area contributed by atoms with Crippen LogP contribution in [0.1, 0.15) is 5.56 Å². The smallest absolute Gasteiger partial charge is 0.313 e. The van der Waals surface area contributed by atoms with Crippen LogP contribution in [0.2, 0.25) is 0 Å². The molecule has 7 nitrogen and oxygen atoms in total. The quantitative estimate of drug-likeness (QED) is 0.740. The number of carbonyl (C=O) groups is 2. The number of nitrogens with one attached hydrogen (secondary N) is 1. The number of para-hydroxylation sites is 1. The maximum Gasteiger partial charge on any atom is 0.313 e. The fourth-order valence-corrected chi connectivity index (χ4v) is 2.37. The summed E-state index contributed by atoms with van der Waals surface area (Å²) < 4.78 is 0. The lowest BCUT2D eigenvalue weighted by Crippen LogP contribution is -2.52. The molecular formula is C15H19N5O2. The first kappa shape index (κ1) is 15.9. The standard InChI is InChI=1S/C15H19N5O2/c16-5-6-19-7-9-20(10-8-19)15(22)14(21)18-13-4-2-1-3-12(13)11-17/h1-4H,5-10,16H2,(H,18,21). The van der Waals surface area contributed by atoms with E-state index in [2.05, 4.69) is 10.2 Å². The number of amides is 2. The Morgan fingerprint density at radius 1 is 1.23 bits per heavy atom. The summed E-state index contributed by atoms with van der Waals surface area (Å²) in [7, 11) is 0. The average molecular weight is 301 g/mol. The second-order valence-corrected chi connectivity index (χ2v) is 5.03. The first-order valence-electron chi connectivity index (χ1n) is 7.17. The minimum absolute atomic E-state index is 0.330. The van der Waals surface area contributed by atoms with Gasteiger partial charge in [-0.1, -0.05) is 12.1 Å². The molecule has 22 heavy (non-hydrogen) atoms. The molecule has 0 unspecified atom stereocenters. The molecule has 1 saturated heterocycles. The predicted molar refractivity (Wildman–Crippen MR) is 81.9 cm³/mol. The molecule has 0 saturated carbocycles. The van der Waals surface area contributed by atoms with Gasteiger partial charge < -0.3 is 16.0 Å². The summed E-state index contributed by atoms with van der Waals surface area (Å²) in [6.45, 7) is 3.82. The molecule has 0 radical (unpaired) electrons. The average Bonchev–Trinajstić information content (AvgIpc) is 2.55. The van der Waals surface area contributed by atoms with Crippen LogP contribution in [-0.2, 0) is 9.59 Å². The Bertz CT molecular complexity index is 588. The van der Waals surface area contributed by atoms with Gasteiger partial charge in [-0.2, -0.15) is 5.26 Å². The number of hydrogen-bond donors (Lipinski definition) is 2. The Hall–Kier alpha value is -2.43. The number of hydrogen-bond acceptors (Lipinski definition) is 5. The van der Waals surface area contributed by atoms with Gasteiger partial charge in [-0.25, -0.2) is 0 Å². The van der Waals surface area contributed by atoms with E-state index in [0.29, 0.717) is 44.0 Å². The van der Waals surface area contributed by atoms with Gasteiger partial charge in [-0.15, -0.1) is 0 Å². The van der Waals surface area contributed by atoms with E-state index in [1.165, 1.54) is 4.90 Å². The third-order valence-electron chi connectivity index (χ3n) is 3.59. The van der Waals surface area contributed by atoms with E-state index in [9.17, 15) is 9.59 Å². The van der Waals surface area contributed by atoms with Crippen LogP contribution in [0, 0.1) is 11.3 Å². The second-order valence-electron chi connectivity index (χ2n) is 5.03. The van der Waals surface area contributed by atoms with Crippen LogP contribution in [-0.4, -0.2) is 60.9 Å². The molecule has 1 aliphatic heterocycles. The van der Waals surface area contributed by atoms with E-state index in [1.807, 2.05) is 6.07 Å². The van der Waals surface area contributed by atoms with Gasteiger partial charge in [0.25, 0.3) is 0 Å². The van der Waals surface area contributed by atoms with Crippen LogP contribution in [0.5, 0.6) is 0 Å². The lowest BCUT2D eigenvalue weighted by atomic mass is 10.2. The van der Waals surface area contributed by atoms with Crippen LogP contribution in [0.4, 0.5) is 5.69 Å². The summed E-state index contributed by atoms with van der Waals surface area (Å²) in [6.07, 6.45) is 0. The van der Waals surface area contributed by atoms with E-state index in [-0.39, 0.29) is 0 Å². The molecule has 1 aromatic rings. The van der Waals surface area contributed by atoms with Gasteiger partial charge in [0.05, 0.1) is 11.3 Å². The predicted octanol–water partition coefficient (Wildman–Crippen LogP) is -0.400. The highest BCUT2D eigenvalue weighted by atomic mass is 16.2. The molecule has 1 heterocycles. The van der Waals surface area contributed by atoms with Gasteiger partial charge in [0.15, 0.2) is 0 Å². The minimum atomic E-state index is -0.713. The molecule has 1 fully saturated rings. The van der Waals surface area contributed by atoms with Crippen LogP contribution in [0.3, 0.4) is 0 Å². The maximum absolute atomic E-state index is 12.2. The Kier molecular flexibility index (Phi) is 5.47. The van der Waals surface area contributed by atoms with Gasteiger partial charge in [-0.05, 0) is 12.1 Å². The number of rotatable bonds is 3. The molecule has 2 rings (SSSR count). The largest absolute Gasteiger partial charge is 0.332 e. The molecule has 7 heteroatoms. The fraction of sp³-hybridized carbons (Fsp3) is 0.400. The van der Waals surface area contributed by atoms with E-state index < -0.39 is 11.8 Å². The number of piperazine rings is 1. The first-order chi connectivity index (χ1) is 10.7. The van der Waals surface area contributed by atoms with Gasteiger partial charge in [-0.3, -0.25) is 14.5 Å². The first-order valence-corrected chi connectivity index (χ1v) is 7.17. The third kappa shape index (κ3) is 3.81. The number of nitriles is 1. The molecular weight excluding hydrogens is 282 g/mol. The van der Waals surface area contributed by atoms with Gasteiger partial charge in [0.1, 0.15) is 6.07 Å². The number of carbonyl (C=O) groups excluding carboxylic acids is 2. The van der Waals surface area contributed by atoms with Crippen molar-refractivity contribution in [1.29, 1.82) is 5.26 Å². The summed E-state index contributed by atoms with van der Waals surface area (Å²) in [6, 6.07) is 8.57. The highest BCUT2D eigenvalue weighted by Crippen LogP contribution is 2.13. The van der Waals surface area contributed by atoms with Crippen molar-refractivity contribution in [2.45, 2.75) is 0 Å². The molecule has 3 N–H and O–H groups in total. The van der Waals surface area contributed by atoms with E-state index in [1.54, 1.807) is 24.3 Å². The zero-order valence-electron chi connectivity index (χ0n) is 12.3. The van der Waals surface area contributed by atoms with E-state index >= 15 is 0 Å². The van der Waals surface area contributed by atoms with E-state index in [0.717, 1.165) is 6.54 Å². The van der Waals surface area contributed by atoms with Crippen LogP contribution >= 0.6 is 0 Å². The summed E-state index contributed by atoms with van der Waals surface area (Å²) in [4.78, 5) is 27.9. The van der Waals surface area contributed by atoms with Crippen molar-refractivity contribution in [3.63, 3.8) is 0 Å². The van der Waals surface area contributed by atoms with Gasteiger partial charge in [0, 0.05) is 39.3 Å². The highest BCUT2D eigenvalue weighted by Gasteiger charge is 2.26. The molecule has 1 aliphatic rings. The molecule has 0 bridgehead atoms. The number of nitrogens with two attached hydrogens (primary N) is 1. The fourth-order valence-electron chi connectivity index (χ4n) is 2.37. The van der Waals surface area contributed by atoms with Crippen molar-refractivity contribution < 1.29 is 9.59 Å². The molecule has 2 amide bonds. The molecule has 1 aromatic carbocycles. The van der Waals surface area contributed by atoms with Crippen molar-refractivity contribution in [3.05, 3.63) is 29.8 Å². The Labute approximate surface area is 129 Å². The SMILES string of the molecule is N#Cc1ccccc1NC(=O)C(=O)N1CCN(CCN)CC1. The monoisotopic (exact) mass is 301 g/mol. The van der Waals surface area contributed by atoms with Crippen molar-refractivity contribution >= 4 is 17.5 Å². The summed E-state index contributed by atoms with van der Waals surface area (Å²) in [5, 5.41) is 11.5. The summed E-state index contributed by atoms with van der Waals surface area (Å²) >= 11 is 0. The van der Waals surface area contributed by atoms with Gasteiger partial charge >= 0.3 is 11.8 Å².